The van der Waals surface area contributed by atoms with Crippen LogP contribution in [0, 0.1) is 11.3 Å². The fourth-order valence-corrected chi connectivity index (χ4v) is 4.62. The fourth-order valence-electron chi connectivity index (χ4n) is 4.62. The molecule has 2 aliphatic heterocycles. The molecule has 1 aromatic heterocycles. The largest absolute Gasteiger partial charge is 0.483 e. The Hall–Kier alpha value is -4.01. The summed E-state index contributed by atoms with van der Waals surface area (Å²) < 4.78 is 5.33. The molecule has 0 saturated carbocycles. The third-order valence-corrected chi connectivity index (χ3v) is 6.16. The Balaban J connectivity index is 0.000000917. The summed E-state index contributed by atoms with van der Waals surface area (Å²) in [5.41, 5.74) is 3.19. The van der Waals surface area contributed by atoms with Crippen LogP contribution in [-0.2, 0) is 27.2 Å². The highest BCUT2D eigenvalue weighted by molar-refractivity contribution is 5.97. The molecule has 35 heavy (non-hydrogen) atoms. The quantitative estimate of drug-likeness (QED) is 0.342. The number of fused-ring (bicyclic) bond motifs is 2. The number of benzene rings is 1. The maximum absolute atomic E-state index is 12.5. The minimum Gasteiger partial charge on any atom is -0.483 e. The number of nitrogens with one attached hydrogen (secondary N) is 3. The molecule has 0 spiro atoms. The third-order valence-electron chi connectivity index (χ3n) is 6.16. The topological polar surface area (TPSA) is 157 Å². The molecule has 2 amide bonds. The first-order valence-corrected chi connectivity index (χ1v) is 11.3. The van der Waals surface area contributed by atoms with Gasteiger partial charge >= 0.3 is 0 Å². The van der Waals surface area contributed by atoms with E-state index in [1.165, 1.54) is 5.56 Å². The first-order chi connectivity index (χ1) is 17.0. The van der Waals surface area contributed by atoms with E-state index in [9.17, 15) is 14.9 Å². The number of hydrogen-bond donors (Lipinski definition) is 4. The molecule has 1 aliphatic carbocycles. The summed E-state index contributed by atoms with van der Waals surface area (Å²) in [6, 6.07) is 12.1. The zero-order chi connectivity index (χ0) is 24.8. The van der Waals surface area contributed by atoms with Crippen LogP contribution in [0.5, 0.6) is 5.75 Å². The number of aromatic nitrogens is 1. The zero-order valence-corrected chi connectivity index (χ0v) is 19.0. The maximum Gasteiger partial charge on any atom is 0.290 e. The number of hydrogen-bond acceptors (Lipinski definition) is 8. The molecule has 0 bridgehead atoms. The van der Waals surface area contributed by atoms with Crippen LogP contribution in [0.3, 0.4) is 0 Å². The average molecular weight is 479 g/mol. The molecule has 182 valence electrons. The van der Waals surface area contributed by atoms with Crippen molar-refractivity contribution in [2.75, 3.05) is 36.5 Å². The van der Waals surface area contributed by atoms with Gasteiger partial charge in [-0.05, 0) is 42.2 Å². The van der Waals surface area contributed by atoms with E-state index in [1.807, 2.05) is 12.1 Å². The van der Waals surface area contributed by atoms with Crippen LogP contribution in [0.25, 0.3) is 0 Å². The SMILES string of the molecule is N#Cc1cccc2c1CC(NCCNC1CC(=O)N(c3ccc4c(n3)NC(=O)CO4)C1)C2.O=CO. The third kappa shape index (κ3) is 5.56. The molecular weight excluding hydrogens is 452 g/mol. The summed E-state index contributed by atoms with van der Waals surface area (Å²) in [6.07, 6.45) is 2.21. The van der Waals surface area contributed by atoms with Crippen molar-refractivity contribution < 1.29 is 24.2 Å². The maximum atomic E-state index is 12.5. The normalized spacial score (nSPS) is 20.0. The van der Waals surface area contributed by atoms with Gasteiger partial charge in [-0.15, -0.1) is 0 Å². The van der Waals surface area contributed by atoms with Gasteiger partial charge < -0.3 is 25.8 Å². The fraction of sp³-hybridized carbons (Fsp3) is 0.375. The molecule has 2 atom stereocenters. The van der Waals surface area contributed by atoms with E-state index in [2.05, 4.69) is 33.1 Å². The Bertz CT molecular complexity index is 1160. The van der Waals surface area contributed by atoms with Crippen LogP contribution in [0.4, 0.5) is 11.6 Å². The highest BCUT2D eigenvalue weighted by atomic mass is 16.5. The van der Waals surface area contributed by atoms with Gasteiger partial charge in [-0.3, -0.25) is 19.3 Å². The molecule has 5 rings (SSSR count). The van der Waals surface area contributed by atoms with E-state index in [-0.39, 0.29) is 30.9 Å². The van der Waals surface area contributed by atoms with E-state index >= 15 is 0 Å². The lowest BCUT2D eigenvalue weighted by Gasteiger charge is -2.21. The molecule has 2 aromatic rings. The number of amides is 2. The predicted octanol–water partition coefficient (Wildman–Crippen LogP) is 0.437. The van der Waals surface area contributed by atoms with Gasteiger partial charge in [-0.1, -0.05) is 12.1 Å². The van der Waals surface area contributed by atoms with Crippen LogP contribution in [0.2, 0.25) is 0 Å². The van der Waals surface area contributed by atoms with Gasteiger partial charge in [-0.25, -0.2) is 4.98 Å². The summed E-state index contributed by atoms with van der Waals surface area (Å²) in [5, 5.41) is 25.9. The van der Waals surface area contributed by atoms with Crippen molar-refractivity contribution in [3.8, 4) is 11.8 Å². The Morgan fingerprint density at radius 1 is 1.17 bits per heavy atom. The molecule has 0 radical (unpaired) electrons. The second-order valence-electron chi connectivity index (χ2n) is 8.43. The van der Waals surface area contributed by atoms with Gasteiger partial charge in [-0.2, -0.15) is 5.26 Å². The number of carboxylic acid groups (broad SMARTS) is 1. The number of pyridine rings is 1. The molecule has 1 aromatic carbocycles. The van der Waals surface area contributed by atoms with Crippen LogP contribution < -0.4 is 25.6 Å². The summed E-state index contributed by atoms with van der Waals surface area (Å²) in [6.45, 7) is 1.78. The van der Waals surface area contributed by atoms with Gasteiger partial charge in [0, 0.05) is 38.1 Å². The molecule has 2 unspecified atom stereocenters. The molecular formula is C24H26N6O5. The Morgan fingerprint density at radius 2 is 1.94 bits per heavy atom. The van der Waals surface area contributed by atoms with E-state index in [0.717, 1.165) is 37.1 Å². The van der Waals surface area contributed by atoms with Gasteiger partial charge in [0.25, 0.3) is 12.4 Å². The van der Waals surface area contributed by atoms with Gasteiger partial charge in [0.15, 0.2) is 18.2 Å². The van der Waals surface area contributed by atoms with E-state index in [4.69, 9.17) is 14.6 Å². The van der Waals surface area contributed by atoms with Crippen LogP contribution in [-0.4, -0.2) is 66.7 Å². The van der Waals surface area contributed by atoms with Gasteiger partial charge in [0.1, 0.15) is 5.82 Å². The minimum absolute atomic E-state index is 0.00115. The van der Waals surface area contributed by atoms with Crippen molar-refractivity contribution in [1.29, 1.82) is 5.26 Å². The van der Waals surface area contributed by atoms with Crippen molar-refractivity contribution in [3.05, 3.63) is 47.0 Å². The zero-order valence-electron chi connectivity index (χ0n) is 19.0. The summed E-state index contributed by atoms with van der Waals surface area (Å²) in [4.78, 5) is 38.5. The van der Waals surface area contributed by atoms with E-state index in [1.54, 1.807) is 17.0 Å². The Labute approximate surface area is 202 Å². The Kier molecular flexibility index (Phi) is 7.54. The molecule has 4 N–H and O–H groups in total. The Morgan fingerprint density at radius 3 is 2.71 bits per heavy atom. The standard InChI is InChI=1S/C23H24N6O3.CH2O2/c24-11-15-3-1-2-14-8-16(9-18(14)15)25-6-7-26-17-10-22(31)29(12-17)20-5-4-19-23(27-20)28-21(30)13-32-19;2-1-3/h1-5,16-17,25-26H,6-10,12-13H2,(H,27,28,30);1H,(H,2,3). The molecule has 1 saturated heterocycles. The number of carbonyl (C=O) groups is 3. The molecule has 11 nitrogen and oxygen atoms in total. The van der Waals surface area contributed by atoms with Crippen molar-refractivity contribution in [1.82, 2.24) is 15.6 Å². The highest BCUT2D eigenvalue weighted by Gasteiger charge is 2.32. The van der Waals surface area contributed by atoms with Gasteiger partial charge in [0.05, 0.1) is 11.6 Å². The molecule has 11 heteroatoms. The summed E-state index contributed by atoms with van der Waals surface area (Å²) in [7, 11) is 0. The van der Waals surface area contributed by atoms with Crippen LogP contribution in [0.15, 0.2) is 30.3 Å². The second kappa shape index (κ2) is 10.9. The highest BCUT2D eigenvalue weighted by Crippen LogP contribution is 2.30. The van der Waals surface area contributed by atoms with Gasteiger partial charge in [0.2, 0.25) is 5.91 Å². The lowest BCUT2D eigenvalue weighted by atomic mass is 10.0. The number of nitriles is 1. The lowest BCUT2D eigenvalue weighted by Crippen LogP contribution is -2.40. The smallest absolute Gasteiger partial charge is 0.290 e. The predicted molar refractivity (Wildman–Crippen MR) is 126 cm³/mol. The number of carbonyl (C=O) groups excluding carboxylic acids is 2. The number of anilines is 2. The second-order valence-corrected chi connectivity index (χ2v) is 8.43. The number of ether oxygens (including phenoxy) is 1. The molecule has 3 aliphatic rings. The first kappa shape index (κ1) is 24.1. The van der Waals surface area contributed by atoms with Crippen molar-refractivity contribution in [2.45, 2.75) is 31.3 Å². The first-order valence-electron chi connectivity index (χ1n) is 11.3. The van der Waals surface area contributed by atoms with Crippen LogP contribution >= 0.6 is 0 Å². The lowest BCUT2D eigenvalue weighted by molar-refractivity contribution is -0.123. The summed E-state index contributed by atoms with van der Waals surface area (Å²) >= 11 is 0. The van der Waals surface area contributed by atoms with E-state index < -0.39 is 0 Å². The van der Waals surface area contributed by atoms with Crippen molar-refractivity contribution >= 4 is 29.9 Å². The number of nitrogens with zero attached hydrogens (tertiary/aromatic N) is 3. The average Bonchev–Trinajstić information content (AvgIpc) is 3.44. The van der Waals surface area contributed by atoms with Crippen LogP contribution in [0.1, 0.15) is 23.1 Å². The molecule has 1 fully saturated rings. The molecule has 3 heterocycles. The van der Waals surface area contributed by atoms with Crippen molar-refractivity contribution in [3.63, 3.8) is 0 Å². The van der Waals surface area contributed by atoms with E-state index in [0.29, 0.717) is 36.4 Å². The monoisotopic (exact) mass is 478 g/mol. The minimum atomic E-state index is -0.254. The number of rotatable bonds is 6. The summed E-state index contributed by atoms with van der Waals surface area (Å²) in [5.74, 6) is 1.12. The van der Waals surface area contributed by atoms with Crippen molar-refractivity contribution in [2.24, 2.45) is 0 Å².